The predicted octanol–water partition coefficient (Wildman–Crippen LogP) is 8.33. The summed E-state index contributed by atoms with van der Waals surface area (Å²) in [7, 11) is -5.75. The van der Waals surface area contributed by atoms with E-state index in [9.17, 15) is 44.1 Å². The summed E-state index contributed by atoms with van der Waals surface area (Å²) in [6.45, 7) is 0. The molecule has 0 N–H and O–H groups in total. The summed E-state index contributed by atoms with van der Waals surface area (Å²) < 4.78 is 115. The number of rotatable bonds is 7. The van der Waals surface area contributed by atoms with Gasteiger partial charge in [-0.25, -0.2) is 26.4 Å². The van der Waals surface area contributed by atoms with E-state index in [1.54, 1.807) is 65.1 Å². The third-order valence-electron chi connectivity index (χ3n) is 5.33. The third-order valence-corrected chi connectivity index (χ3v) is 11.9. The lowest BCUT2D eigenvalue weighted by Gasteiger charge is -2.22. The van der Waals surface area contributed by atoms with Crippen LogP contribution in [0, 0.1) is 28.2 Å². The molecule has 4 aromatic rings. The van der Waals surface area contributed by atoms with Crippen LogP contribution >= 0.6 is 67.8 Å². The van der Waals surface area contributed by atoms with E-state index in [-0.39, 0.29) is 23.0 Å². The van der Waals surface area contributed by atoms with Gasteiger partial charge in [0.25, 0.3) is 0 Å². The van der Waals surface area contributed by atoms with Gasteiger partial charge in [0.1, 0.15) is 17.5 Å². The average molecular weight is 992 g/mol. The fourth-order valence-electron chi connectivity index (χ4n) is 3.40. The van der Waals surface area contributed by atoms with Crippen LogP contribution < -0.4 is 0 Å². The fraction of sp³-hybridized carbons (Fsp3) is 0.107. The molecule has 0 aliphatic carbocycles. The van der Waals surface area contributed by atoms with Crippen molar-refractivity contribution >= 4 is 94.8 Å². The zero-order valence-electron chi connectivity index (χ0n) is 21.6. The van der Waals surface area contributed by atoms with Crippen molar-refractivity contribution in [2.24, 2.45) is 0 Å². The number of halogens is 9. The van der Waals surface area contributed by atoms with E-state index in [0.29, 0.717) is 10.7 Å². The molecule has 5 nitrogen and oxygen atoms in total. The maximum absolute atomic E-state index is 13.2. The Bertz CT molecular complexity index is 1600. The van der Waals surface area contributed by atoms with Crippen LogP contribution in [0.25, 0.3) is 0 Å². The van der Waals surface area contributed by atoms with Gasteiger partial charge in [-0.3, -0.25) is 0 Å². The molecule has 234 valence electrons. The minimum atomic E-state index is -5.21. The normalized spacial score (nSPS) is 12.3. The van der Waals surface area contributed by atoms with Gasteiger partial charge in [0.2, 0.25) is 6.10 Å². The number of alkyl halides is 3. The molecule has 1 atom stereocenters. The Balaban J connectivity index is 0.000000240. The first kappa shape index (κ1) is 36.8. The van der Waals surface area contributed by atoms with Crippen molar-refractivity contribution in [3.05, 3.63) is 119 Å². The maximum Gasteiger partial charge on any atom is 0.426 e. The Morgan fingerprint density at radius 2 is 1.16 bits per heavy atom. The van der Waals surface area contributed by atoms with Crippen LogP contribution in [-0.2, 0) is 25.7 Å². The SMILES string of the molecule is Fc1ccc([S+](c2ccc(F)cc2)c2ccc(F)cc2)cc1.O=C(OC(CS(=O)(=O)[O-])C(F)(F)F)c1cc(I)cc(I)c1I. The van der Waals surface area contributed by atoms with E-state index >= 15 is 0 Å². The zero-order chi connectivity index (χ0) is 32.8. The Kier molecular flexibility index (Phi) is 13.2. The van der Waals surface area contributed by atoms with Gasteiger partial charge in [-0.05, 0) is 153 Å². The van der Waals surface area contributed by atoms with Crippen LogP contribution in [0.2, 0.25) is 0 Å². The highest BCUT2D eigenvalue weighted by Gasteiger charge is 2.44. The molecule has 0 amide bonds. The molecule has 0 spiro atoms. The van der Waals surface area contributed by atoms with Gasteiger partial charge in [0.15, 0.2) is 14.7 Å². The number of carbonyl (C=O) groups excluding carboxylic acids is 1. The second-order valence-corrected chi connectivity index (χ2v) is 15.5. The number of benzene rings is 4. The molecule has 0 aliphatic heterocycles. The minimum absolute atomic E-state index is 0.130. The van der Waals surface area contributed by atoms with Crippen molar-refractivity contribution in [3.8, 4) is 0 Å². The quantitative estimate of drug-likeness (QED) is 0.0465. The number of esters is 1. The first-order valence-electron chi connectivity index (χ1n) is 11.8. The topological polar surface area (TPSA) is 83.5 Å². The Hall–Kier alpha value is -1.62. The van der Waals surface area contributed by atoms with Crippen LogP contribution in [0.3, 0.4) is 0 Å². The van der Waals surface area contributed by atoms with E-state index in [4.69, 9.17) is 0 Å². The van der Waals surface area contributed by atoms with Crippen molar-refractivity contribution < 1.29 is 48.8 Å². The van der Waals surface area contributed by atoms with Gasteiger partial charge in [0.05, 0.1) is 32.3 Å². The van der Waals surface area contributed by atoms with Crippen molar-refractivity contribution in [1.29, 1.82) is 0 Å². The molecule has 0 saturated heterocycles. The monoisotopic (exact) mass is 992 g/mol. The number of carbonyl (C=O) groups is 1. The van der Waals surface area contributed by atoms with Gasteiger partial charge in [-0.15, -0.1) is 0 Å². The van der Waals surface area contributed by atoms with Crippen LogP contribution in [0.15, 0.2) is 99.6 Å². The molecule has 4 aromatic carbocycles. The highest BCUT2D eigenvalue weighted by molar-refractivity contribution is 14.1. The first-order valence-corrected chi connectivity index (χ1v) is 17.8. The lowest BCUT2D eigenvalue weighted by Crippen LogP contribution is -2.39. The molecule has 0 aliphatic rings. The highest BCUT2D eigenvalue weighted by atomic mass is 127. The largest absolute Gasteiger partial charge is 0.748 e. The molecule has 1 unspecified atom stereocenters. The molecule has 0 saturated carbocycles. The highest BCUT2D eigenvalue weighted by Crippen LogP contribution is 2.32. The van der Waals surface area contributed by atoms with Crippen LogP contribution in [0.5, 0.6) is 0 Å². The summed E-state index contributed by atoms with van der Waals surface area (Å²) in [5.74, 6) is -4.15. The number of hydrogen-bond acceptors (Lipinski definition) is 5. The summed E-state index contributed by atoms with van der Waals surface area (Å²) in [4.78, 5) is 14.5. The van der Waals surface area contributed by atoms with Crippen molar-refractivity contribution in [1.82, 2.24) is 0 Å². The van der Waals surface area contributed by atoms with E-state index in [1.165, 1.54) is 42.5 Å². The molecular weight excluding hydrogens is 975 g/mol. The summed E-state index contributed by atoms with van der Waals surface area (Å²) in [6.07, 6.45) is -8.16. The Morgan fingerprint density at radius 1 is 0.773 bits per heavy atom. The van der Waals surface area contributed by atoms with Crippen LogP contribution in [0.4, 0.5) is 26.3 Å². The number of ether oxygens (including phenoxy) is 1. The maximum atomic E-state index is 13.2. The lowest BCUT2D eigenvalue weighted by molar-refractivity contribution is -0.197. The van der Waals surface area contributed by atoms with Crippen LogP contribution in [0.1, 0.15) is 10.4 Å². The summed E-state index contributed by atoms with van der Waals surface area (Å²) in [5, 5.41) is 0. The lowest BCUT2D eigenvalue weighted by atomic mass is 10.2. The standard InChI is InChI=1S/C18H12F3S.C10H6F3I3O5S/c19-13-1-7-16(8-2-13)22(17-9-3-14(20)4-10-17)18-11-5-15(21)6-12-18;11-10(12,13)7(3-22(18,19)20)21-9(17)5-1-4(14)2-6(15)8(5)16/h1-12H;1-2,7H,3H2,(H,18,19,20)/q+1;/p-1. The molecular formula is C28H17F6I3O5S2. The molecule has 0 fully saturated rings. The summed E-state index contributed by atoms with van der Waals surface area (Å²) in [5.41, 5.74) is -0.130. The van der Waals surface area contributed by atoms with Gasteiger partial charge >= 0.3 is 12.1 Å². The van der Waals surface area contributed by atoms with E-state index in [1.807, 2.05) is 45.2 Å². The number of hydrogen-bond donors (Lipinski definition) is 0. The molecule has 44 heavy (non-hydrogen) atoms. The molecule has 16 heteroatoms. The van der Waals surface area contributed by atoms with Gasteiger partial charge in [-0.2, -0.15) is 13.2 Å². The third kappa shape index (κ3) is 11.0. The average Bonchev–Trinajstić information content (AvgIpc) is 2.92. The van der Waals surface area contributed by atoms with E-state index < -0.39 is 45.0 Å². The van der Waals surface area contributed by atoms with Gasteiger partial charge < -0.3 is 9.29 Å². The van der Waals surface area contributed by atoms with E-state index in [0.717, 1.165) is 14.7 Å². The second kappa shape index (κ2) is 15.8. The second-order valence-electron chi connectivity index (χ2n) is 8.58. The predicted molar refractivity (Wildman–Crippen MR) is 176 cm³/mol. The van der Waals surface area contributed by atoms with Crippen molar-refractivity contribution in [2.75, 3.05) is 5.75 Å². The van der Waals surface area contributed by atoms with Crippen molar-refractivity contribution in [3.63, 3.8) is 0 Å². The molecule has 0 radical (unpaired) electrons. The fourth-order valence-corrected chi connectivity index (χ4v) is 8.44. The molecule has 4 rings (SSSR count). The Labute approximate surface area is 292 Å². The summed E-state index contributed by atoms with van der Waals surface area (Å²) >= 11 is 5.52. The van der Waals surface area contributed by atoms with Gasteiger partial charge in [-0.1, -0.05) is 0 Å². The van der Waals surface area contributed by atoms with E-state index in [2.05, 4.69) is 4.74 Å². The van der Waals surface area contributed by atoms with Crippen molar-refractivity contribution in [2.45, 2.75) is 27.0 Å². The Morgan fingerprint density at radius 3 is 1.50 bits per heavy atom. The first-order chi connectivity index (χ1) is 20.4. The minimum Gasteiger partial charge on any atom is -0.748 e. The van der Waals surface area contributed by atoms with Crippen LogP contribution in [-0.4, -0.2) is 37.0 Å². The zero-order valence-corrected chi connectivity index (χ0v) is 29.7. The smallest absolute Gasteiger partial charge is 0.426 e. The summed E-state index contributed by atoms with van der Waals surface area (Å²) in [6, 6.07) is 21.6. The molecule has 0 bridgehead atoms. The van der Waals surface area contributed by atoms with Gasteiger partial charge in [0, 0.05) is 10.7 Å². The molecule has 0 aromatic heterocycles. The molecule has 0 heterocycles.